The molecular formula is C16H25N3O. The number of hydrogen-bond donors (Lipinski definition) is 0. The van der Waals surface area contributed by atoms with Crippen LogP contribution in [0.2, 0.25) is 0 Å². The van der Waals surface area contributed by atoms with Crippen LogP contribution >= 0.6 is 0 Å². The van der Waals surface area contributed by atoms with Gasteiger partial charge in [-0.25, -0.2) is 9.97 Å². The standard InChI is InChI=1S/C14H19N3O.C2H6/c1-5-11(6-2)17-13(18)7-9(3)12-8-15-10(4)16-14(12)17;1-2/h7-8,11H,5-6H2,1-4H3;1-2H3. The van der Waals surface area contributed by atoms with Crippen molar-refractivity contribution in [1.29, 1.82) is 0 Å². The average Bonchev–Trinajstić information content (AvgIpc) is 2.45. The van der Waals surface area contributed by atoms with E-state index in [1.54, 1.807) is 6.07 Å². The first-order chi connectivity index (χ1) is 9.58. The van der Waals surface area contributed by atoms with Crippen LogP contribution in [-0.2, 0) is 0 Å². The highest BCUT2D eigenvalue weighted by molar-refractivity contribution is 5.77. The summed E-state index contributed by atoms with van der Waals surface area (Å²) in [5, 5.41) is 0.965. The second kappa shape index (κ2) is 7.17. The van der Waals surface area contributed by atoms with Gasteiger partial charge in [-0.15, -0.1) is 0 Å². The fourth-order valence-corrected chi connectivity index (χ4v) is 2.36. The number of fused-ring (bicyclic) bond motifs is 1. The molecule has 4 heteroatoms. The van der Waals surface area contributed by atoms with Crippen LogP contribution in [0.15, 0.2) is 17.1 Å². The highest BCUT2D eigenvalue weighted by Gasteiger charge is 2.14. The molecule has 0 saturated carbocycles. The maximum atomic E-state index is 12.2. The summed E-state index contributed by atoms with van der Waals surface area (Å²) in [6.45, 7) is 12.0. The molecule has 0 fully saturated rings. The van der Waals surface area contributed by atoms with Gasteiger partial charge in [0.1, 0.15) is 11.5 Å². The maximum Gasteiger partial charge on any atom is 0.252 e. The maximum absolute atomic E-state index is 12.2. The Morgan fingerprint density at radius 2 is 1.80 bits per heavy atom. The quantitative estimate of drug-likeness (QED) is 0.856. The van der Waals surface area contributed by atoms with Gasteiger partial charge in [0.15, 0.2) is 0 Å². The summed E-state index contributed by atoms with van der Waals surface area (Å²) in [5.74, 6) is 0.701. The Bertz CT molecular complexity index is 627. The van der Waals surface area contributed by atoms with Crippen molar-refractivity contribution >= 4 is 11.0 Å². The highest BCUT2D eigenvalue weighted by Crippen LogP contribution is 2.20. The van der Waals surface area contributed by atoms with Crippen molar-refractivity contribution in [1.82, 2.24) is 14.5 Å². The van der Waals surface area contributed by atoms with Gasteiger partial charge in [-0.1, -0.05) is 27.7 Å². The third kappa shape index (κ3) is 3.06. The number of pyridine rings is 1. The van der Waals surface area contributed by atoms with Crippen molar-refractivity contribution in [3.8, 4) is 0 Å². The van der Waals surface area contributed by atoms with Crippen LogP contribution in [0.1, 0.15) is 58.0 Å². The summed E-state index contributed by atoms with van der Waals surface area (Å²) < 4.78 is 1.82. The molecule has 0 bridgehead atoms. The van der Waals surface area contributed by atoms with Gasteiger partial charge >= 0.3 is 0 Å². The molecule has 4 nitrogen and oxygen atoms in total. The fourth-order valence-electron chi connectivity index (χ4n) is 2.36. The van der Waals surface area contributed by atoms with Gasteiger partial charge in [0, 0.05) is 23.7 Å². The molecule has 0 aliphatic carbocycles. The number of rotatable bonds is 3. The smallest absolute Gasteiger partial charge is 0.252 e. The molecule has 0 aliphatic rings. The van der Waals surface area contributed by atoms with Gasteiger partial charge in [-0.2, -0.15) is 0 Å². The molecular weight excluding hydrogens is 250 g/mol. The van der Waals surface area contributed by atoms with Gasteiger partial charge in [-0.3, -0.25) is 9.36 Å². The molecule has 20 heavy (non-hydrogen) atoms. The summed E-state index contributed by atoms with van der Waals surface area (Å²) in [7, 11) is 0. The van der Waals surface area contributed by atoms with Crippen molar-refractivity contribution in [2.75, 3.05) is 0 Å². The van der Waals surface area contributed by atoms with E-state index in [1.165, 1.54) is 0 Å². The van der Waals surface area contributed by atoms with Gasteiger partial charge in [0.25, 0.3) is 5.56 Å². The molecule has 2 aromatic rings. The highest BCUT2D eigenvalue weighted by atomic mass is 16.1. The summed E-state index contributed by atoms with van der Waals surface area (Å²) in [6, 6.07) is 1.88. The molecule has 0 aliphatic heterocycles. The minimum atomic E-state index is 0.0341. The molecule has 0 N–H and O–H groups in total. The van der Waals surface area contributed by atoms with E-state index in [0.717, 1.165) is 29.4 Å². The lowest BCUT2D eigenvalue weighted by molar-refractivity contribution is 0.469. The van der Waals surface area contributed by atoms with Crippen LogP contribution in [0.3, 0.4) is 0 Å². The molecule has 0 atom stereocenters. The first kappa shape index (κ1) is 16.3. The molecule has 110 valence electrons. The Labute approximate surface area is 120 Å². The van der Waals surface area contributed by atoms with E-state index in [9.17, 15) is 4.79 Å². The van der Waals surface area contributed by atoms with Crippen LogP contribution in [0.4, 0.5) is 0 Å². The van der Waals surface area contributed by atoms with Crippen molar-refractivity contribution < 1.29 is 0 Å². The second-order valence-electron chi connectivity index (χ2n) is 4.66. The van der Waals surface area contributed by atoms with E-state index in [4.69, 9.17) is 0 Å². The largest absolute Gasteiger partial charge is 0.289 e. The number of aromatic nitrogens is 3. The predicted molar refractivity (Wildman–Crippen MR) is 84.2 cm³/mol. The fraction of sp³-hybridized carbons (Fsp3) is 0.562. The van der Waals surface area contributed by atoms with Crippen LogP contribution in [0.25, 0.3) is 11.0 Å². The van der Waals surface area contributed by atoms with Crippen molar-refractivity contribution in [2.45, 2.75) is 60.4 Å². The Kier molecular flexibility index (Phi) is 5.86. The Morgan fingerprint density at radius 1 is 1.20 bits per heavy atom. The van der Waals surface area contributed by atoms with Gasteiger partial charge < -0.3 is 0 Å². The topological polar surface area (TPSA) is 47.8 Å². The zero-order valence-corrected chi connectivity index (χ0v) is 13.4. The number of hydrogen-bond acceptors (Lipinski definition) is 3. The molecule has 0 aromatic carbocycles. The zero-order valence-electron chi connectivity index (χ0n) is 13.4. The minimum absolute atomic E-state index is 0.0341. The van der Waals surface area contributed by atoms with E-state index in [1.807, 2.05) is 38.5 Å². The van der Waals surface area contributed by atoms with E-state index in [0.29, 0.717) is 5.82 Å². The Balaban J connectivity index is 0.000000956. The predicted octanol–water partition coefficient (Wildman–Crippen LogP) is 3.80. The van der Waals surface area contributed by atoms with E-state index in [-0.39, 0.29) is 11.6 Å². The normalized spacial score (nSPS) is 10.6. The average molecular weight is 275 g/mol. The monoisotopic (exact) mass is 275 g/mol. The number of aryl methyl sites for hydroxylation is 2. The third-order valence-corrected chi connectivity index (χ3v) is 3.43. The second-order valence-corrected chi connectivity index (χ2v) is 4.66. The minimum Gasteiger partial charge on any atom is -0.289 e. The van der Waals surface area contributed by atoms with Gasteiger partial charge in [0.2, 0.25) is 0 Å². The SMILES string of the molecule is CC.CCC(CC)n1c(=O)cc(C)c2cnc(C)nc21. The summed E-state index contributed by atoms with van der Waals surface area (Å²) >= 11 is 0. The van der Waals surface area contributed by atoms with Crippen LogP contribution in [-0.4, -0.2) is 14.5 Å². The number of nitrogens with zero attached hydrogens (tertiary/aromatic N) is 3. The first-order valence-corrected chi connectivity index (χ1v) is 7.44. The first-order valence-electron chi connectivity index (χ1n) is 7.44. The van der Waals surface area contributed by atoms with Crippen molar-refractivity contribution in [3.05, 3.63) is 34.0 Å². The lowest BCUT2D eigenvalue weighted by Gasteiger charge is -2.19. The molecule has 2 aromatic heterocycles. The zero-order chi connectivity index (χ0) is 15.3. The molecule has 2 rings (SSSR count). The molecule has 0 radical (unpaired) electrons. The molecule has 0 spiro atoms. The van der Waals surface area contributed by atoms with E-state index < -0.39 is 0 Å². The third-order valence-electron chi connectivity index (χ3n) is 3.43. The molecule has 0 amide bonds. The summed E-state index contributed by atoms with van der Waals surface area (Å²) in [5.41, 5.74) is 1.74. The summed E-state index contributed by atoms with van der Waals surface area (Å²) in [6.07, 6.45) is 3.67. The Hall–Kier alpha value is -1.71. The van der Waals surface area contributed by atoms with Crippen molar-refractivity contribution in [3.63, 3.8) is 0 Å². The van der Waals surface area contributed by atoms with Crippen molar-refractivity contribution in [2.24, 2.45) is 0 Å². The van der Waals surface area contributed by atoms with E-state index >= 15 is 0 Å². The van der Waals surface area contributed by atoms with E-state index in [2.05, 4.69) is 23.8 Å². The molecule has 0 saturated heterocycles. The summed E-state index contributed by atoms with van der Waals surface area (Å²) in [4.78, 5) is 20.9. The molecule has 2 heterocycles. The van der Waals surface area contributed by atoms with Gasteiger partial charge in [0.05, 0.1) is 0 Å². The van der Waals surface area contributed by atoms with Crippen LogP contribution in [0, 0.1) is 13.8 Å². The van der Waals surface area contributed by atoms with Gasteiger partial charge in [-0.05, 0) is 32.3 Å². The molecule has 0 unspecified atom stereocenters. The van der Waals surface area contributed by atoms with Crippen LogP contribution in [0.5, 0.6) is 0 Å². The Morgan fingerprint density at radius 3 is 2.35 bits per heavy atom. The lowest BCUT2D eigenvalue weighted by Crippen LogP contribution is -2.25. The lowest BCUT2D eigenvalue weighted by atomic mass is 10.1. The van der Waals surface area contributed by atoms with Crippen LogP contribution < -0.4 is 5.56 Å².